The van der Waals surface area contributed by atoms with Crippen LogP contribution in [0.4, 0.5) is 0 Å². The zero-order chi connectivity index (χ0) is 11.3. The fourth-order valence-electron chi connectivity index (χ4n) is 1.10. The first-order chi connectivity index (χ1) is 7.11. The van der Waals surface area contributed by atoms with E-state index < -0.39 is 10.8 Å². The number of aromatic nitrogens is 1. The van der Waals surface area contributed by atoms with Crippen molar-refractivity contribution < 1.29 is 4.21 Å². The van der Waals surface area contributed by atoms with E-state index in [4.69, 9.17) is 5.73 Å². The van der Waals surface area contributed by atoms with Gasteiger partial charge in [-0.05, 0) is 40.5 Å². The van der Waals surface area contributed by atoms with Crippen LogP contribution >= 0.6 is 15.9 Å². The Balaban J connectivity index is 2.48. The van der Waals surface area contributed by atoms with Crippen LogP contribution in [0.3, 0.4) is 0 Å². The Morgan fingerprint density at radius 1 is 1.60 bits per heavy atom. The van der Waals surface area contributed by atoms with E-state index >= 15 is 0 Å². The van der Waals surface area contributed by atoms with Gasteiger partial charge in [0.25, 0.3) is 0 Å². The standard InChI is InChI=1S/C10H15BrN2OS/c1-8(4-12)6-15(14)7-10-3-2-9(11)5-13-10/h2-3,5,8H,4,6-7,12H2,1H3. The summed E-state index contributed by atoms with van der Waals surface area (Å²) in [6.45, 7) is 2.59. The SMILES string of the molecule is CC(CN)CS(=O)Cc1ccc(Br)cn1. The van der Waals surface area contributed by atoms with Gasteiger partial charge in [-0.15, -0.1) is 0 Å². The lowest BCUT2D eigenvalue weighted by atomic mass is 10.2. The molecule has 0 saturated carbocycles. The number of rotatable bonds is 5. The highest BCUT2D eigenvalue weighted by Gasteiger charge is 2.07. The minimum Gasteiger partial charge on any atom is -0.330 e. The van der Waals surface area contributed by atoms with Crippen LogP contribution in [-0.4, -0.2) is 21.5 Å². The van der Waals surface area contributed by atoms with Crippen molar-refractivity contribution in [3.63, 3.8) is 0 Å². The maximum atomic E-state index is 11.7. The number of pyridine rings is 1. The van der Waals surface area contributed by atoms with Crippen LogP contribution in [0.2, 0.25) is 0 Å². The summed E-state index contributed by atoms with van der Waals surface area (Å²) in [5.41, 5.74) is 6.34. The maximum absolute atomic E-state index is 11.7. The summed E-state index contributed by atoms with van der Waals surface area (Å²) >= 11 is 3.31. The van der Waals surface area contributed by atoms with Crippen LogP contribution in [-0.2, 0) is 16.6 Å². The van der Waals surface area contributed by atoms with Gasteiger partial charge in [-0.1, -0.05) is 6.92 Å². The molecule has 0 fully saturated rings. The van der Waals surface area contributed by atoms with Gasteiger partial charge in [0.15, 0.2) is 0 Å². The molecule has 0 bridgehead atoms. The van der Waals surface area contributed by atoms with Gasteiger partial charge >= 0.3 is 0 Å². The van der Waals surface area contributed by atoms with Gasteiger partial charge < -0.3 is 5.73 Å². The lowest BCUT2D eigenvalue weighted by molar-refractivity contribution is 0.640. The molecule has 2 N–H and O–H groups in total. The molecule has 0 saturated heterocycles. The molecule has 0 amide bonds. The highest BCUT2D eigenvalue weighted by atomic mass is 79.9. The summed E-state index contributed by atoms with van der Waals surface area (Å²) in [5, 5.41) is 0. The van der Waals surface area contributed by atoms with E-state index in [0.29, 0.717) is 24.0 Å². The van der Waals surface area contributed by atoms with E-state index in [1.54, 1.807) is 6.20 Å². The molecule has 1 aromatic rings. The summed E-state index contributed by atoms with van der Waals surface area (Å²) in [6.07, 6.45) is 1.72. The lowest BCUT2D eigenvalue weighted by Crippen LogP contribution is -2.18. The number of hydrogen-bond donors (Lipinski definition) is 1. The fraction of sp³-hybridized carbons (Fsp3) is 0.500. The van der Waals surface area contributed by atoms with E-state index in [0.717, 1.165) is 10.2 Å². The third-order valence-corrected chi connectivity index (χ3v) is 4.00. The highest BCUT2D eigenvalue weighted by molar-refractivity contribution is 9.10. The minimum atomic E-state index is -0.865. The molecule has 0 radical (unpaired) electrons. The first kappa shape index (κ1) is 12.8. The van der Waals surface area contributed by atoms with Gasteiger partial charge in [-0.25, -0.2) is 0 Å². The third kappa shape index (κ3) is 4.86. The van der Waals surface area contributed by atoms with Crippen LogP contribution in [0, 0.1) is 5.92 Å². The fourth-order valence-corrected chi connectivity index (χ4v) is 2.72. The van der Waals surface area contributed by atoms with Crippen LogP contribution < -0.4 is 5.73 Å². The van der Waals surface area contributed by atoms with Gasteiger partial charge in [0, 0.05) is 27.2 Å². The van der Waals surface area contributed by atoms with Crippen LogP contribution in [0.15, 0.2) is 22.8 Å². The van der Waals surface area contributed by atoms with Gasteiger partial charge in [0.1, 0.15) is 0 Å². The van der Waals surface area contributed by atoms with E-state index in [9.17, 15) is 4.21 Å². The molecular formula is C10H15BrN2OS. The molecule has 1 rings (SSSR count). The summed E-state index contributed by atoms with van der Waals surface area (Å²) in [6, 6.07) is 3.79. The third-order valence-electron chi connectivity index (χ3n) is 1.97. The van der Waals surface area contributed by atoms with Gasteiger partial charge in [0.05, 0.1) is 11.4 Å². The summed E-state index contributed by atoms with van der Waals surface area (Å²) in [7, 11) is -0.865. The van der Waals surface area contributed by atoms with Crippen molar-refractivity contribution in [1.82, 2.24) is 4.98 Å². The average Bonchev–Trinajstić information content (AvgIpc) is 2.21. The van der Waals surface area contributed by atoms with Crippen molar-refractivity contribution in [2.75, 3.05) is 12.3 Å². The number of hydrogen-bond acceptors (Lipinski definition) is 3. The molecular weight excluding hydrogens is 276 g/mol. The van der Waals surface area contributed by atoms with E-state index in [1.165, 1.54) is 0 Å². The Hall–Kier alpha value is -0.260. The first-order valence-electron chi connectivity index (χ1n) is 4.77. The molecule has 2 unspecified atom stereocenters. The Morgan fingerprint density at radius 2 is 2.33 bits per heavy atom. The zero-order valence-corrected chi connectivity index (χ0v) is 11.1. The smallest absolute Gasteiger partial charge is 0.0658 e. The molecule has 0 spiro atoms. The quantitative estimate of drug-likeness (QED) is 0.898. The normalized spacial score (nSPS) is 14.9. The maximum Gasteiger partial charge on any atom is 0.0658 e. The summed E-state index contributed by atoms with van der Waals surface area (Å²) in [5.74, 6) is 1.47. The molecule has 0 aliphatic rings. The van der Waals surface area contributed by atoms with Crippen molar-refractivity contribution in [1.29, 1.82) is 0 Å². The van der Waals surface area contributed by atoms with Crippen LogP contribution in [0.25, 0.3) is 0 Å². The molecule has 15 heavy (non-hydrogen) atoms. The van der Waals surface area contributed by atoms with E-state index in [2.05, 4.69) is 20.9 Å². The molecule has 1 heterocycles. The molecule has 0 aliphatic heterocycles. The Labute approximate surface area is 101 Å². The van der Waals surface area contributed by atoms with Crippen molar-refractivity contribution in [3.05, 3.63) is 28.5 Å². The molecule has 2 atom stereocenters. The van der Waals surface area contributed by atoms with Gasteiger partial charge in [-0.2, -0.15) is 0 Å². The minimum absolute atomic E-state index is 0.307. The summed E-state index contributed by atoms with van der Waals surface area (Å²) < 4.78 is 12.6. The second-order valence-electron chi connectivity index (χ2n) is 3.56. The average molecular weight is 291 g/mol. The largest absolute Gasteiger partial charge is 0.330 e. The molecule has 84 valence electrons. The van der Waals surface area contributed by atoms with E-state index in [-0.39, 0.29) is 0 Å². The number of nitrogens with zero attached hydrogens (tertiary/aromatic N) is 1. The van der Waals surface area contributed by atoms with Crippen LogP contribution in [0.5, 0.6) is 0 Å². The molecule has 1 aromatic heterocycles. The molecule has 3 nitrogen and oxygen atoms in total. The van der Waals surface area contributed by atoms with Crippen molar-refractivity contribution in [2.45, 2.75) is 12.7 Å². The van der Waals surface area contributed by atoms with Gasteiger partial charge in [-0.3, -0.25) is 9.19 Å². The van der Waals surface area contributed by atoms with Gasteiger partial charge in [0.2, 0.25) is 0 Å². The lowest BCUT2D eigenvalue weighted by Gasteiger charge is -2.07. The van der Waals surface area contributed by atoms with E-state index in [1.807, 2.05) is 19.1 Å². The monoisotopic (exact) mass is 290 g/mol. The topological polar surface area (TPSA) is 56.0 Å². The van der Waals surface area contributed by atoms with Crippen LogP contribution in [0.1, 0.15) is 12.6 Å². The molecule has 0 aliphatic carbocycles. The summed E-state index contributed by atoms with van der Waals surface area (Å²) in [4.78, 5) is 4.18. The Kier molecular flexibility index (Phi) is 5.42. The molecule has 5 heteroatoms. The van der Waals surface area contributed by atoms with Crippen molar-refractivity contribution in [2.24, 2.45) is 11.7 Å². The Bertz CT molecular complexity index is 329. The highest BCUT2D eigenvalue weighted by Crippen LogP contribution is 2.09. The Morgan fingerprint density at radius 3 is 2.87 bits per heavy atom. The number of nitrogens with two attached hydrogens (primary N) is 1. The predicted octanol–water partition coefficient (Wildman–Crippen LogP) is 1.69. The second-order valence-corrected chi connectivity index (χ2v) is 5.98. The van der Waals surface area contributed by atoms with Crippen molar-refractivity contribution in [3.8, 4) is 0 Å². The van der Waals surface area contributed by atoms with Crippen molar-refractivity contribution >= 4 is 26.7 Å². The number of halogens is 1. The zero-order valence-electron chi connectivity index (χ0n) is 8.65. The second kappa shape index (κ2) is 6.35. The molecule has 0 aromatic carbocycles. The predicted molar refractivity (Wildman–Crippen MR) is 66.9 cm³/mol. The first-order valence-corrected chi connectivity index (χ1v) is 7.05.